The third-order valence-electron chi connectivity index (χ3n) is 1.52. The molecular formula is C9H13BrN2S. The Morgan fingerprint density at radius 1 is 1.54 bits per heavy atom. The molecule has 0 aliphatic carbocycles. The first-order chi connectivity index (χ1) is 6.22. The summed E-state index contributed by atoms with van der Waals surface area (Å²) in [5.74, 6) is 1.11. The van der Waals surface area contributed by atoms with E-state index in [4.69, 9.17) is 0 Å². The molecule has 13 heavy (non-hydrogen) atoms. The van der Waals surface area contributed by atoms with Crippen molar-refractivity contribution >= 4 is 27.9 Å². The first-order valence-electron chi connectivity index (χ1n) is 4.16. The molecule has 0 amide bonds. The molecule has 1 heterocycles. The van der Waals surface area contributed by atoms with Gasteiger partial charge in [0.15, 0.2) is 0 Å². The lowest BCUT2D eigenvalue weighted by Gasteiger charge is -2.13. The lowest BCUT2D eigenvalue weighted by atomic mass is 10.3. The van der Waals surface area contributed by atoms with Crippen molar-refractivity contribution in [2.75, 3.05) is 12.8 Å². The molecule has 0 bridgehead atoms. The predicted molar refractivity (Wildman–Crippen MR) is 61.5 cm³/mol. The molecule has 0 saturated heterocycles. The molecule has 0 atom stereocenters. The monoisotopic (exact) mass is 260 g/mol. The highest BCUT2D eigenvalue weighted by atomic mass is 79.9. The van der Waals surface area contributed by atoms with Crippen molar-refractivity contribution in [2.45, 2.75) is 13.5 Å². The number of pyridine rings is 1. The zero-order valence-electron chi connectivity index (χ0n) is 7.83. The molecule has 2 nitrogen and oxygen atoms in total. The van der Waals surface area contributed by atoms with Gasteiger partial charge in [0, 0.05) is 29.2 Å². The molecule has 0 radical (unpaired) electrons. The van der Waals surface area contributed by atoms with E-state index in [0.717, 1.165) is 16.8 Å². The summed E-state index contributed by atoms with van der Waals surface area (Å²) in [6.45, 7) is 3.09. The SMILES string of the molecule is CCSN(C)Cc1cncc(Br)c1. The van der Waals surface area contributed by atoms with Crippen LogP contribution in [-0.4, -0.2) is 22.1 Å². The van der Waals surface area contributed by atoms with Crippen LogP contribution < -0.4 is 0 Å². The van der Waals surface area contributed by atoms with Crippen LogP contribution in [0.1, 0.15) is 12.5 Å². The zero-order valence-corrected chi connectivity index (χ0v) is 10.2. The fraction of sp³-hybridized carbons (Fsp3) is 0.444. The van der Waals surface area contributed by atoms with E-state index >= 15 is 0 Å². The lowest BCUT2D eigenvalue weighted by molar-refractivity contribution is 0.563. The van der Waals surface area contributed by atoms with Crippen LogP contribution in [-0.2, 0) is 6.54 Å². The van der Waals surface area contributed by atoms with Crippen LogP contribution >= 0.6 is 27.9 Å². The van der Waals surface area contributed by atoms with E-state index < -0.39 is 0 Å². The quantitative estimate of drug-likeness (QED) is 0.775. The Kier molecular flexibility index (Phi) is 4.77. The largest absolute Gasteiger partial charge is 0.263 e. The Morgan fingerprint density at radius 2 is 2.31 bits per heavy atom. The summed E-state index contributed by atoms with van der Waals surface area (Å²) in [4.78, 5) is 4.11. The van der Waals surface area contributed by atoms with Crippen molar-refractivity contribution in [1.82, 2.24) is 9.29 Å². The number of hydrogen-bond acceptors (Lipinski definition) is 3. The van der Waals surface area contributed by atoms with Gasteiger partial charge in [-0.05, 0) is 34.6 Å². The maximum Gasteiger partial charge on any atom is 0.0410 e. The van der Waals surface area contributed by atoms with Crippen LogP contribution in [0.3, 0.4) is 0 Å². The summed E-state index contributed by atoms with van der Waals surface area (Å²) in [5, 5.41) is 0. The molecule has 0 fully saturated rings. The van der Waals surface area contributed by atoms with Gasteiger partial charge >= 0.3 is 0 Å². The van der Waals surface area contributed by atoms with Crippen LogP contribution in [0.5, 0.6) is 0 Å². The molecule has 0 aliphatic rings. The average Bonchev–Trinajstić information content (AvgIpc) is 2.04. The van der Waals surface area contributed by atoms with E-state index in [1.54, 1.807) is 6.20 Å². The third-order valence-corrected chi connectivity index (χ3v) is 2.78. The molecular weight excluding hydrogens is 248 g/mol. The van der Waals surface area contributed by atoms with Gasteiger partial charge in [-0.1, -0.05) is 18.9 Å². The predicted octanol–water partition coefficient (Wildman–Crippen LogP) is 2.94. The van der Waals surface area contributed by atoms with Gasteiger partial charge in [0.2, 0.25) is 0 Å². The van der Waals surface area contributed by atoms with E-state index in [1.165, 1.54) is 5.56 Å². The van der Waals surface area contributed by atoms with E-state index in [0.29, 0.717) is 0 Å². The van der Waals surface area contributed by atoms with Crippen molar-refractivity contribution in [3.8, 4) is 0 Å². The first-order valence-corrected chi connectivity index (χ1v) is 5.89. The molecule has 0 unspecified atom stereocenters. The van der Waals surface area contributed by atoms with Crippen LogP contribution in [0.15, 0.2) is 22.9 Å². The molecule has 0 aromatic carbocycles. The summed E-state index contributed by atoms with van der Waals surface area (Å²) in [7, 11) is 2.09. The van der Waals surface area contributed by atoms with E-state index in [2.05, 4.69) is 45.3 Å². The van der Waals surface area contributed by atoms with Crippen molar-refractivity contribution < 1.29 is 0 Å². The standard InChI is InChI=1S/C9H13BrN2S/c1-3-13-12(2)7-8-4-9(10)6-11-5-8/h4-6H,3,7H2,1-2H3. The fourth-order valence-corrected chi connectivity index (χ4v) is 2.16. The first kappa shape index (κ1) is 11.0. The molecule has 0 aliphatic heterocycles. The minimum atomic E-state index is 0.935. The molecule has 1 aromatic rings. The van der Waals surface area contributed by atoms with Gasteiger partial charge < -0.3 is 0 Å². The van der Waals surface area contributed by atoms with Crippen LogP contribution in [0.25, 0.3) is 0 Å². The Morgan fingerprint density at radius 3 is 2.92 bits per heavy atom. The van der Waals surface area contributed by atoms with Gasteiger partial charge in [-0.2, -0.15) is 0 Å². The summed E-state index contributed by atoms with van der Waals surface area (Å²) in [5.41, 5.74) is 1.23. The summed E-state index contributed by atoms with van der Waals surface area (Å²) in [6, 6.07) is 2.10. The molecule has 0 N–H and O–H groups in total. The van der Waals surface area contributed by atoms with E-state index in [9.17, 15) is 0 Å². The maximum absolute atomic E-state index is 4.11. The lowest BCUT2D eigenvalue weighted by Crippen LogP contribution is -2.08. The Bertz CT molecular complexity index is 268. The summed E-state index contributed by atoms with van der Waals surface area (Å²) < 4.78 is 3.25. The van der Waals surface area contributed by atoms with Gasteiger partial charge in [-0.15, -0.1) is 0 Å². The molecule has 0 saturated carbocycles. The fourth-order valence-electron chi connectivity index (χ4n) is 1.07. The Hall–Kier alpha value is -0.0600. The average molecular weight is 261 g/mol. The highest BCUT2D eigenvalue weighted by Gasteiger charge is 2.00. The molecule has 1 aromatic heterocycles. The number of aromatic nitrogens is 1. The second kappa shape index (κ2) is 5.62. The molecule has 72 valence electrons. The number of hydrogen-bond donors (Lipinski definition) is 0. The molecule has 1 rings (SSSR count). The molecule has 4 heteroatoms. The number of halogens is 1. The van der Waals surface area contributed by atoms with Gasteiger partial charge in [0.1, 0.15) is 0 Å². The maximum atomic E-state index is 4.11. The normalized spacial score (nSPS) is 10.8. The van der Waals surface area contributed by atoms with Crippen LogP contribution in [0.4, 0.5) is 0 Å². The van der Waals surface area contributed by atoms with Crippen molar-refractivity contribution in [2.24, 2.45) is 0 Å². The summed E-state index contributed by atoms with van der Waals surface area (Å²) >= 11 is 5.23. The van der Waals surface area contributed by atoms with Crippen LogP contribution in [0, 0.1) is 0 Å². The minimum Gasteiger partial charge on any atom is -0.263 e. The van der Waals surface area contributed by atoms with Crippen molar-refractivity contribution in [3.05, 3.63) is 28.5 Å². The smallest absolute Gasteiger partial charge is 0.0410 e. The minimum absolute atomic E-state index is 0.935. The molecule has 0 spiro atoms. The number of nitrogens with zero attached hydrogens (tertiary/aromatic N) is 2. The summed E-state index contributed by atoms with van der Waals surface area (Å²) in [6.07, 6.45) is 3.70. The van der Waals surface area contributed by atoms with Gasteiger partial charge in [-0.3, -0.25) is 4.98 Å². The van der Waals surface area contributed by atoms with Gasteiger partial charge in [-0.25, -0.2) is 4.31 Å². The third kappa shape index (κ3) is 4.11. The van der Waals surface area contributed by atoms with Crippen LogP contribution in [0.2, 0.25) is 0 Å². The topological polar surface area (TPSA) is 16.1 Å². The van der Waals surface area contributed by atoms with Gasteiger partial charge in [0.05, 0.1) is 0 Å². The highest BCUT2D eigenvalue weighted by molar-refractivity contribution is 9.10. The van der Waals surface area contributed by atoms with E-state index in [1.807, 2.05) is 18.1 Å². The number of rotatable bonds is 4. The Balaban J connectivity index is 2.53. The van der Waals surface area contributed by atoms with Crippen molar-refractivity contribution in [1.29, 1.82) is 0 Å². The van der Waals surface area contributed by atoms with E-state index in [-0.39, 0.29) is 0 Å². The van der Waals surface area contributed by atoms with Gasteiger partial charge in [0.25, 0.3) is 0 Å². The Labute approximate surface area is 92.0 Å². The van der Waals surface area contributed by atoms with Crippen molar-refractivity contribution in [3.63, 3.8) is 0 Å². The zero-order chi connectivity index (χ0) is 9.68. The highest BCUT2D eigenvalue weighted by Crippen LogP contribution is 2.14. The second-order valence-corrected chi connectivity index (χ2v) is 5.09. The second-order valence-electron chi connectivity index (χ2n) is 2.72.